The quantitative estimate of drug-likeness (QED) is 0.623. The fraction of sp³-hybridized carbons (Fsp3) is 0.550. The van der Waals surface area contributed by atoms with Gasteiger partial charge in [0, 0.05) is 12.3 Å². The summed E-state index contributed by atoms with van der Waals surface area (Å²) >= 11 is 0. The van der Waals surface area contributed by atoms with E-state index in [2.05, 4.69) is 6.92 Å². The molecular weight excluding hydrogens is 320 g/mol. The molecule has 4 rings (SSSR count). The maximum atomic E-state index is 12.9. The van der Waals surface area contributed by atoms with Crippen LogP contribution in [0.1, 0.15) is 45.6 Å². The predicted molar refractivity (Wildman–Crippen MR) is 88.6 cm³/mol. The molecule has 1 aromatic heterocycles. The second kappa shape index (κ2) is 5.16. The smallest absolute Gasteiger partial charge is 0.320 e. The average Bonchev–Trinajstić information content (AvgIpc) is 3.18. The van der Waals surface area contributed by atoms with Crippen LogP contribution in [0.3, 0.4) is 0 Å². The number of furan rings is 1. The summed E-state index contributed by atoms with van der Waals surface area (Å²) in [4.78, 5) is 38.0. The lowest BCUT2D eigenvalue weighted by atomic mass is 9.49. The molecule has 1 saturated heterocycles. The molecule has 2 fully saturated rings. The first-order valence-corrected chi connectivity index (χ1v) is 8.80. The Bertz CT molecular complexity index is 802. The van der Waals surface area contributed by atoms with Gasteiger partial charge in [0.05, 0.1) is 12.5 Å². The average molecular weight is 342 g/mol. The number of ether oxygens (including phenoxy) is 1. The number of allylic oxidation sites excluding steroid dienone is 1. The van der Waals surface area contributed by atoms with Crippen LogP contribution in [0.4, 0.5) is 0 Å². The molecule has 132 valence electrons. The summed E-state index contributed by atoms with van der Waals surface area (Å²) in [6.45, 7) is 5.59. The van der Waals surface area contributed by atoms with Crippen molar-refractivity contribution in [1.82, 2.24) is 0 Å². The first kappa shape index (κ1) is 16.3. The third-order valence-corrected chi connectivity index (χ3v) is 6.73. The molecule has 1 aromatic rings. The topological polar surface area (TPSA) is 73.6 Å². The van der Waals surface area contributed by atoms with Gasteiger partial charge in [0.15, 0.2) is 11.9 Å². The molecular formula is C20H22O5. The Labute approximate surface area is 146 Å². The number of carbonyl (C=O) groups excluding carboxylic acids is 3. The van der Waals surface area contributed by atoms with E-state index in [0.29, 0.717) is 18.4 Å². The molecule has 0 amide bonds. The molecule has 0 aromatic carbocycles. The molecule has 0 spiro atoms. The molecule has 0 bridgehead atoms. The molecule has 1 saturated carbocycles. The van der Waals surface area contributed by atoms with E-state index in [4.69, 9.17) is 9.15 Å². The second-order valence-corrected chi connectivity index (χ2v) is 7.95. The molecule has 2 aliphatic carbocycles. The Hall–Kier alpha value is -2.17. The normalized spacial score (nSPS) is 37.3. The Morgan fingerprint density at radius 2 is 1.96 bits per heavy atom. The number of rotatable bonds is 3. The van der Waals surface area contributed by atoms with Crippen LogP contribution in [-0.2, 0) is 25.5 Å². The molecule has 4 unspecified atom stereocenters. The minimum absolute atomic E-state index is 0.0935. The molecule has 3 aliphatic rings. The van der Waals surface area contributed by atoms with Gasteiger partial charge in [-0.05, 0) is 55.7 Å². The van der Waals surface area contributed by atoms with Crippen molar-refractivity contribution >= 4 is 17.5 Å². The van der Waals surface area contributed by atoms with Crippen LogP contribution >= 0.6 is 0 Å². The van der Waals surface area contributed by atoms with Crippen molar-refractivity contribution in [2.24, 2.45) is 16.7 Å². The van der Waals surface area contributed by atoms with E-state index in [1.54, 1.807) is 19.5 Å². The van der Waals surface area contributed by atoms with Crippen molar-refractivity contribution in [3.63, 3.8) is 0 Å². The fourth-order valence-electron chi connectivity index (χ4n) is 5.29. The highest BCUT2D eigenvalue weighted by Gasteiger charge is 2.70. The number of hydrogen-bond acceptors (Lipinski definition) is 5. The Morgan fingerprint density at radius 1 is 1.20 bits per heavy atom. The van der Waals surface area contributed by atoms with E-state index in [1.165, 1.54) is 0 Å². The number of ketones is 2. The van der Waals surface area contributed by atoms with Crippen molar-refractivity contribution in [3.05, 3.63) is 35.3 Å². The van der Waals surface area contributed by atoms with Crippen molar-refractivity contribution < 1.29 is 23.5 Å². The first-order valence-electron chi connectivity index (χ1n) is 8.80. The van der Waals surface area contributed by atoms with E-state index in [-0.39, 0.29) is 17.0 Å². The standard InChI is InChI=1S/C20H22O5/c1-11-13(5-4-12-7-9-24-10-12)19(2)8-6-14(21)20(3)17(19)16(15(11)22)25-18(20)23/h7,9-10,16-17H,4-6,8H2,1-3H3. The molecule has 4 atom stereocenters. The molecule has 1 aliphatic heterocycles. The maximum Gasteiger partial charge on any atom is 0.320 e. The summed E-state index contributed by atoms with van der Waals surface area (Å²) < 4.78 is 10.6. The van der Waals surface area contributed by atoms with Crippen LogP contribution in [0.25, 0.3) is 0 Å². The first-order chi connectivity index (χ1) is 11.8. The van der Waals surface area contributed by atoms with Crippen molar-refractivity contribution in [1.29, 1.82) is 0 Å². The maximum absolute atomic E-state index is 12.9. The Balaban J connectivity index is 1.78. The second-order valence-electron chi connectivity index (χ2n) is 7.95. The number of aryl methyl sites for hydroxylation is 1. The van der Waals surface area contributed by atoms with Crippen molar-refractivity contribution in [3.8, 4) is 0 Å². The zero-order valence-electron chi connectivity index (χ0n) is 14.8. The minimum Gasteiger partial charge on any atom is -0.472 e. The van der Waals surface area contributed by atoms with E-state index in [1.807, 2.05) is 13.0 Å². The SMILES string of the molecule is CC1=C(CCc2ccoc2)C2(C)CCC(=O)C3(C)C(=O)OC(C1=O)C23. The van der Waals surface area contributed by atoms with Gasteiger partial charge in [-0.2, -0.15) is 0 Å². The van der Waals surface area contributed by atoms with E-state index < -0.39 is 23.4 Å². The number of hydrogen-bond donors (Lipinski definition) is 0. The zero-order valence-corrected chi connectivity index (χ0v) is 14.8. The number of carbonyl (C=O) groups is 3. The van der Waals surface area contributed by atoms with E-state index in [9.17, 15) is 14.4 Å². The molecule has 5 heteroatoms. The highest BCUT2D eigenvalue weighted by molar-refractivity contribution is 6.11. The summed E-state index contributed by atoms with van der Waals surface area (Å²) in [6.07, 6.45) is 5.03. The third-order valence-electron chi connectivity index (χ3n) is 6.73. The van der Waals surface area contributed by atoms with Crippen molar-refractivity contribution in [2.45, 2.75) is 52.6 Å². The molecule has 2 heterocycles. The van der Waals surface area contributed by atoms with Gasteiger partial charge in [0.1, 0.15) is 11.2 Å². The zero-order chi connectivity index (χ0) is 18.0. The molecule has 0 radical (unpaired) electrons. The predicted octanol–water partition coefficient (Wildman–Crippen LogP) is 3.03. The van der Waals surface area contributed by atoms with Gasteiger partial charge in [0.25, 0.3) is 0 Å². The van der Waals surface area contributed by atoms with Crippen LogP contribution < -0.4 is 0 Å². The Morgan fingerprint density at radius 3 is 2.64 bits per heavy atom. The van der Waals surface area contributed by atoms with Crippen LogP contribution in [0.2, 0.25) is 0 Å². The summed E-state index contributed by atoms with van der Waals surface area (Å²) in [5, 5.41) is 0. The fourth-order valence-corrected chi connectivity index (χ4v) is 5.29. The molecule has 0 N–H and O–H groups in total. The van der Waals surface area contributed by atoms with Gasteiger partial charge in [-0.15, -0.1) is 0 Å². The van der Waals surface area contributed by atoms with Crippen LogP contribution in [0.5, 0.6) is 0 Å². The summed E-state index contributed by atoms with van der Waals surface area (Å²) in [5.74, 6) is -1.17. The summed E-state index contributed by atoms with van der Waals surface area (Å²) in [7, 11) is 0. The number of esters is 1. The van der Waals surface area contributed by atoms with E-state index >= 15 is 0 Å². The summed E-state index contributed by atoms with van der Waals surface area (Å²) in [5.41, 5.74) is 1.26. The van der Waals surface area contributed by atoms with Gasteiger partial charge < -0.3 is 9.15 Å². The lowest BCUT2D eigenvalue weighted by Crippen LogP contribution is -2.56. The minimum atomic E-state index is -1.20. The van der Waals surface area contributed by atoms with E-state index in [0.717, 1.165) is 24.0 Å². The third kappa shape index (κ3) is 1.98. The molecule has 5 nitrogen and oxygen atoms in total. The monoisotopic (exact) mass is 342 g/mol. The van der Waals surface area contributed by atoms with Crippen LogP contribution in [-0.4, -0.2) is 23.6 Å². The van der Waals surface area contributed by atoms with Crippen molar-refractivity contribution in [2.75, 3.05) is 0 Å². The van der Waals surface area contributed by atoms with Crippen LogP contribution in [0, 0.1) is 16.7 Å². The van der Waals surface area contributed by atoms with Gasteiger partial charge in [-0.1, -0.05) is 12.5 Å². The van der Waals surface area contributed by atoms with Gasteiger partial charge in [0.2, 0.25) is 0 Å². The molecule has 25 heavy (non-hydrogen) atoms. The largest absolute Gasteiger partial charge is 0.472 e. The lowest BCUT2D eigenvalue weighted by molar-refractivity contribution is -0.155. The van der Waals surface area contributed by atoms with Gasteiger partial charge in [-0.3, -0.25) is 14.4 Å². The lowest BCUT2D eigenvalue weighted by Gasteiger charge is -2.50. The summed E-state index contributed by atoms with van der Waals surface area (Å²) in [6, 6.07) is 1.92. The van der Waals surface area contributed by atoms with Gasteiger partial charge >= 0.3 is 5.97 Å². The van der Waals surface area contributed by atoms with Crippen LogP contribution in [0.15, 0.2) is 34.2 Å². The highest BCUT2D eigenvalue weighted by atomic mass is 16.6. The Kier molecular flexibility index (Phi) is 3.37. The highest BCUT2D eigenvalue weighted by Crippen LogP contribution is 2.62. The van der Waals surface area contributed by atoms with Gasteiger partial charge in [-0.25, -0.2) is 0 Å². The number of Topliss-reactive ketones (excluding diaryl/α,β-unsaturated/α-hetero) is 2.